The van der Waals surface area contributed by atoms with Gasteiger partial charge in [0.15, 0.2) is 16.7 Å². The van der Waals surface area contributed by atoms with Gasteiger partial charge < -0.3 is 9.47 Å². The smallest absolute Gasteiger partial charge is 0.343 e. The lowest BCUT2D eigenvalue weighted by Gasteiger charge is -2.25. The first kappa shape index (κ1) is 16.1. The Bertz CT molecular complexity index is 831. The van der Waals surface area contributed by atoms with E-state index in [0.29, 0.717) is 16.7 Å². The van der Waals surface area contributed by atoms with Crippen molar-refractivity contribution in [2.45, 2.75) is 11.3 Å². The maximum Gasteiger partial charge on any atom is 0.343 e. The molecule has 3 rings (SSSR count). The number of imide groups is 1. The number of hydrogen-bond donors (Lipinski definition) is 2. The molecule has 0 fully saturated rings. The van der Waals surface area contributed by atoms with Crippen LogP contribution in [-0.4, -0.2) is 45.0 Å². The number of fused-ring (bicyclic) bond motifs is 1. The lowest BCUT2D eigenvalue weighted by Crippen LogP contribution is -2.46. The highest BCUT2D eigenvalue weighted by Gasteiger charge is 2.28. The van der Waals surface area contributed by atoms with Gasteiger partial charge in [0.25, 0.3) is 5.91 Å². The normalized spacial score (nSPS) is 15.8. The Morgan fingerprint density at radius 3 is 2.88 bits per heavy atom. The quantitative estimate of drug-likeness (QED) is 0.726. The zero-order chi connectivity index (χ0) is 17.1. The topological polar surface area (TPSA) is 115 Å². The number of para-hydroxylation sites is 2. The highest BCUT2D eigenvalue weighted by molar-refractivity contribution is 7.99. The number of aromatic amines is 1. The van der Waals surface area contributed by atoms with Crippen LogP contribution in [0, 0.1) is 0 Å². The molecule has 9 nitrogen and oxygen atoms in total. The molecule has 0 bridgehead atoms. The van der Waals surface area contributed by atoms with E-state index in [1.165, 1.54) is 11.6 Å². The molecule has 1 aromatic heterocycles. The number of ether oxygens (including phenoxy) is 2. The standard InChI is InChI=1S/C14H14N4O5S/c1-18-13(21)16-17-14(18)24-7-11(19)15-12(20)10-6-22-8-4-2-3-5-9(8)23-10/h2-5,10H,6-7H2,1H3,(H,16,21)(H,15,19,20)/t10-/m0/s1. The molecule has 0 unspecified atom stereocenters. The molecule has 1 aromatic carbocycles. The average Bonchev–Trinajstić information content (AvgIpc) is 2.91. The first-order valence-electron chi connectivity index (χ1n) is 7.01. The zero-order valence-electron chi connectivity index (χ0n) is 12.6. The summed E-state index contributed by atoms with van der Waals surface area (Å²) in [6.45, 7) is 0.0249. The third kappa shape index (κ3) is 3.43. The van der Waals surface area contributed by atoms with E-state index in [-0.39, 0.29) is 18.0 Å². The fourth-order valence-corrected chi connectivity index (χ4v) is 2.71. The Balaban J connectivity index is 1.52. The molecule has 2 heterocycles. The minimum atomic E-state index is -0.899. The summed E-state index contributed by atoms with van der Waals surface area (Å²) in [6.07, 6.45) is -0.899. The molecule has 10 heteroatoms. The van der Waals surface area contributed by atoms with Gasteiger partial charge in [-0.2, -0.15) is 0 Å². The molecule has 0 spiro atoms. The minimum absolute atomic E-state index is 0.0249. The van der Waals surface area contributed by atoms with Gasteiger partial charge >= 0.3 is 5.69 Å². The van der Waals surface area contributed by atoms with Gasteiger partial charge in [0.05, 0.1) is 5.75 Å². The number of carbonyl (C=O) groups is 2. The second-order valence-electron chi connectivity index (χ2n) is 4.94. The van der Waals surface area contributed by atoms with Crippen LogP contribution in [0.15, 0.2) is 34.2 Å². The van der Waals surface area contributed by atoms with E-state index in [2.05, 4.69) is 15.5 Å². The van der Waals surface area contributed by atoms with Gasteiger partial charge in [0.1, 0.15) is 6.61 Å². The minimum Gasteiger partial charge on any atom is -0.485 e. The number of rotatable bonds is 4. The molecule has 1 aliphatic rings. The summed E-state index contributed by atoms with van der Waals surface area (Å²) in [5.74, 6) is -0.136. The lowest BCUT2D eigenvalue weighted by molar-refractivity contribution is -0.135. The predicted octanol–water partition coefficient (Wildman–Crippen LogP) is -0.317. The van der Waals surface area contributed by atoms with Crippen molar-refractivity contribution in [3.8, 4) is 11.5 Å². The van der Waals surface area contributed by atoms with Gasteiger partial charge in [0, 0.05) is 7.05 Å². The molecule has 2 amide bonds. The van der Waals surface area contributed by atoms with Crippen LogP contribution in [-0.2, 0) is 16.6 Å². The summed E-state index contributed by atoms with van der Waals surface area (Å²) >= 11 is 1.04. The molecular weight excluding hydrogens is 336 g/mol. The van der Waals surface area contributed by atoms with Crippen LogP contribution < -0.4 is 20.5 Å². The molecule has 1 atom stereocenters. The van der Waals surface area contributed by atoms with Crippen molar-refractivity contribution in [3.05, 3.63) is 34.7 Å². The molecule has 0 saturated carbocycles. The van der Waals surface area contributed by atoms with Crippen LogP contribution >= 0.6 is 11.8 Å². The number of carbonyl (C=O) groups excluding carboxylic acids is 2. The van der Waals surface area contributed by atoms with Crippen molar-refractivity contribution in [2.75, 3.05) is 12.4 Å². The highest BCUT2D eigenvalue weighted by Crippen LogP contribution is 2.30. The number of nitrogens with zero attached hydrogens (tertiary/aromatic N) is 2. The van der Waals surface area contributed by atoms with Crippen molar-refractivity contribution in [3.63, 3.8) is 0 Å². The van der Waals surface area contributed by atoms with Crippen LogP contribution in [0.4, 0.5) is 0 Å². The van der Waals surface area contributed by atoms with E-state index >= 15 is 0 Å². The van der Waals surface area contributed by atoms with Gasteiger partial charge in [-0.25, -0.2) is 9.89 Å². The second-order valence-corrected chi connectivity index (χ2v) is 5.88. The predicted molar refractivity (Wildman–Crippen MR) is 84.1 cm³/mol. The fourth-order valence-electron chi connectivity index (χ4n) is 1.99. The number of hydrogen-bond acceptors (Lipinski definition) is 7. The molecule has 2 aromatic rings. The Morgan fingerprint density at radius 1 is 1.42 bits per heavy atom. The third-order valence-electron chi connectivity index (χ3n) is 3.23. The van der Waals surface area contributed by atoms with Crippen LogP contribution in [0.5, 0.6) is 11.5 Å². The van der Waals surface area contributed by atoms with E-state index in [1.54, 1.807) is 24.3 Å². The number of H-pyrrole nitrogens is 1. The van der Waals surface area contributed by atoms with Gasteiger partial charge in [-0.3, -0.25) is 19.5 Å². The molecule has 126 valence electrons. The maximum absolute atomic E-state index is 12.1. The number of aromatic nitrogens is 3. The third-order valence-corrected chi connectivity index (χ3v) is 4.26. The SMILES string of the molecule is Cn1c(SCC(=O)NC(=O)[C@@H]2COc3ccccc3O2)n[nH]c1=O. The lowest BCUT2D eigenvalue weighted by atomic mass is 10.2. The van der Waals surface area contributed by atoms with Crippen molar-refractivity contribution in [2.24, 2.45) is 7.05 Å². The van der Waals surface area contributed by atoms with Crippen LogP contribution in [0.3, 0.4) is 0 Å². The first-order chi connectivity index (χ1) is 11.5. The van der Waals surface area contributed by atoms with Gasteiger partial charge in [-0.15, -0.1) is 5.10 Å². The van der Waals surface area contributed by atoms with Gasteiger partial charge in [0.2, 0.25) is 12.0 Å². The molecule has 24 heavy (non-hydrogen) atoms. The fraction of sp³-hybridized carbons (Fsp3) is 0.286. The van der Waals surface area contributed by atoms with Gasteiger partial charge in [-0.05, 0) is 12.1 Å². The Kier molecular flexibility index (Phi) is 4.56. The van der Waals surface area contributed by atoms with E-state index in [4.69, 9.17) is 9.47 Å². The van der Waals surface area contributed by atoms with Gasteiger partial charge in [-0.1, -0.05) is 23.9 Å². The summed E-state index contributed by atoms with van der Waals surface area (Å²) in [5, 5.41) is 8.63. The number of amides is 2. The summed E-state index contributed by atoms with van der Waals surface area (Å²) < 4.78 is 12.2. The summed E-state index contributed by atoms with van der Waals surface area (Å²) in [6, 6.07) is 6.98. The van der Waals surface area contributed by atoms with E-state index < -0.39 is 17.9 Å². The number of nitrogens with one attached hydrogen (secondary N) is 2. The Labute approximate surface area is 140 Å². The van der Waals surface area contributed by atoms with Crippen molar-refractivity contribution < 1.29 is 19.1 Å². The second kappa shape index (κ2) is 6.79. The first-order valence-corrected chi connectivity index (χ1v) is 7.99. The van der Waals surface area contributed by atoms with Crippen LogP contribution in [0.1, 0.15) is 0 Å². The monoisotopic (exact) mass is 350 g/mol. The maximum atomic E-state index is 12.1. The largest absolute Gasteiger partial charge is 0.485 e. The van der Waals surface area contributed by atoms with E-state index in [1.807, 2.05) is 0 Å². The van der Waals surface area contributed by atoms with E-state index in [9.17, 15) is 14.4 Å². The van der Waals surface area contributed by atoms with Crippen LogP contribution in [0.2, 0.25) is 0 Å². The Morgan fingerprint density at radius 2 is 2.17 bits per heavy atom. The van der Waals surface area contributed by atoms with Crippen molar-refractivity contribution in [1.29, 1.82) is 0 Å². The summed E-state index contributed by atoms with van der Waals surface area (Å²) in [7, 11) is 1.53. The highest BCUT2D eigenvalue weighted by atomic mass is 32.2. The van der Waals surface area contributed by atoms with E-state index in [0.717, 1.165) is 11.8 Å². The average molecular weight is 350 g/mol. The number of thioether (sulfide) groups is 1. The summed E-state index contributed by atoms with van der Waals surface area (Å²) in [5.41, 5.74) is -0.375. The Hall–Kier alpha value is -2.75. The number of benzene rings is 1. The zero-order valence-corrected chi connectivity index (χ0v) is 13.5. The van der Waals surface area contributed by atoms with Crippen molar-refractivity contribution >= 4 is 23.6 Å². The molecule has 2 N–H and O–H groups in total. The molecule has 0 radical (unpaired) electrons. The molecular formula is C14H14N4O5S. The molecule has 1 aliphatic heterocycles. The van der Waals surface area contributed by atoms with Crippen LogP contribution in [0.25, 0.3) is 0 Å². The molecule has 0 saturated heterocycles. The summed E-state index contributed by atoms with van der Waals surface area (Å²) in [4.78, 5) is 35.2. The van der Waals surface area contributed by atoms with Crippen molar-refractivity contribution in [1.82, 2.24) is 20.1 Å². The molecule has 0 aliphatic carbocycles.